The smallest absolute Gasteiger partial charge is 0.443 e. The molecule has 1 heterocycles. The Morgan fingerprint density at radius 1 is 1.44 bits per heavy atom. The molecule has 2 aliphatic rings. The molecule has 4 nitrogen and oxygen atoms in total. The summed E-state index contributed by atoms with van der Waals surface area (Å²) in [6.07, 6.45) is -3.26. The van der Waals surface area contributed by atoms with Crippen molar-refractivity contribution in [3.05, 3.63) is 41.4 Å². The van der Waals surface area contributed by atoms with Crippen molar-refractivity contribution >= 4 is 11.6 Å². The van der Waals surface area contributed by atoms with Gasteiger partial charge in [0.25, 0.3) is 0 Å². The first-order valence-corrected chi connectivity index (χ1v) is 4.11. The van der Waals surface area contributed by atoms with E-state index in [0.717, 1.165) is 12.2 Å². The van der Waals surface area contributed by atoms with E-state index in [-0.39, 0.29) is 11.3 Å². The maximum atomic E-state index is 12.3. The topological polar surface area (TPSA) is 66.6 Å². The lowest BCUT2D eigenvalue weighted by atomic mass is 9.94. The van der Waals surface area contributed by atoms with E-state index < -0.39 is 24.0 Å². The number of hydrogen-bond acceptors (Lipinski definition) is 3. The van der Waals surface area contributed by atoms with Gasteiger partial charge in [0.1, 0.15) is 0 Å². The summed E-state index contributed by atoms with van der Waals surface area (Å²) >= 11 is 0. The molecule has 0 fully saturated rings. The van der Waals surface area contributed by atoms with Crippen LogP contribution in [0.5, 0.6) is 0 Å². The van der Waals surface area contributed by atoms with Gasteiger partial charge in [-0.25, -0.2) is 0 Å². The van der Waals surface area contributed by atoms with E-state index in [1.807, 2.05) is 0 Å². The van der Waals surface area contributed by atoms with Crippen LogP contribution in [0, 0.1) is 12.8 Å². The molecule has 1 aliphatic heterocycles. The van der Waals surface area contributed by atoms with Crippen molar-refractivity contribution in [2.75, 3.05) is 0 Å². The summed E-state index contributed by atoms with van der Waals surface area (Å²) in [6, 6.07) is 0. The van der Waals surface area contributed by atoms with Crippen molar-refractivity contribution in [2.45, 2.75) is 6.18 Å². The number of halogens is 3. The van der Waals surface area contributed by atoms with Gasteiger partial charge < -0.3 is 10.4 Å². The van der Waals surface area contributed by atoms with Crippen LogP contribution in [0.2, 0.25) is 0 Å². The van der Waals surface area contributed by atoms with Crippen LogP contribution in [0.4, 0.5) is 13.2 Å². The molecule has 16 heavy (non-hydrogen) atoms. The van der Waals surface area contributed by atoms with Crippen molar-refractivity contribution in [1.82, 2.24) is 0 Å². The van der Waals surface area contributed by atoms with Gasteiger partial charge in [-0.15, -0.1) is 0 Å². The Hall–Kier alpha value is -1.89. The fourth-order valence-corrected chi connectivity index (χ4v) is 1.26. The molecular weight excluding hydrogens is 225 g/mol. The average molecular weight is 228 g/mol. The number of carbonyl (C=O) groups excluding carboxylic acids is 1. The molecular formula is C9H3F3N2O2. The fraction of sp³-hybridized carbons (Fsp3) is 0.111. The third kappa shape index (κ3) is 1.76. The molecule has 82 valence electrons. The lowest BCUT2D eigenvalue weighted by Gasteiger charge is -2.25. The van der Waals surface area contributed by atoms with Gasteiger partial charge in [-0.05, 0) is 0 Å². The highest BCUT2D eigenvalue weighted by molar-refractivity contribution is 6.32. The molecule has 1 aliphatic carbocycles. The van der Waals surface area contributed by atoms with E-state index in [4.69, 9.17) is 0 Å². The Balaban J connectivity index is 2.38. The Labute approximate surface area is 88.2 Å². The number of fused-ring (bicyclic) bond motifs is 1. The zero-order valence-electron chi connectivity index (χ0n) is 7.58. The molecule has 1 amide bonds. The molecule has 0 radical (unpaired) electrons. The van der Waals surface area contributed by atoms with Crippen LogP contribution < -0.4 is 5.11 Å². The predicted octanol–water partition coefficient (Wildman–Crippen LogP) is 0.782. The average Bonchev–Trinajstić information content (AvgIpc) is 2.15. The van der Waals surface area contributed by atoms with Crippen molar-refractivity contribution in [3.8, 4) is 0 Å². The van der Waals surface area contributed by atoms with Crippen molar-refractivity contribution in [3.63, 3.8) is 0 Å². The summed E-state index contributed by atoms with van der Waals surface area (Å²) in [5.74, 6) is -0.872. The molecule has 2 rings (SSSR count). The fourth-order valence-electron chi connectivity index (χ4n) is 1.26. The molecule has 0 bridgehead atoms. The van der Waals surface area contributed by atoms with Crippen LogP contribution >= 0.6 is 0 Å². The van der Waals surface area contributed by atoms with Gasteiger partial charge in [-0.2, -0.15) is 13.2 Å². The Kier molecular flexibility index (Phi) is 2.20. The van der Waals surface area contributed by atoms with Crippen LogP contribution in [0.1, 0.15) is 0 Å². The van der Waals surface area contributed by atoms with Gasteiger partial charge >= 0.3 is 11.9 Å². The number of alkyl halides is 3. The summed E-state index contributed by atoms with van der Waals surface area (Å²) in [7, 11) is 0. The van der Waals surface area contributed by atoms with E-state index >= 15 is 0 Å². The molecule has 0 aromatic heterocycles. The van der Waals surface area contributed by atoms with Gasteiger partial charge in [-0.3, -0.25) is 4.79 Å². The first-order chi connectivity index (χ1) is 7.38. The maximum absolute atomic E-state index is 12.3. The van der Waals surface area contributed by atoms with Gasteiger partial charge in [0.05, 0.1) is 12.2 Å². The summed E-state index contributed by atoms with van der Waals surface area (Å²) < 4.78 is 37.0. The summed E-state index contributed by atoms with van der Waals surface area (Å²) in [4.78, 5) is 14.4. The summed E-state index contributed by atoms with van der Waals surface area (Å²) in [6.45, 7) is 0. The van der Waals surface area contributed by atoms with Gasteiger partial charge in [0.15, 0.2) is 17.9 Å². The third-order valence-electron chi connectivity index (χ3n) is 1.97. The van der Waals surface area contributed by atoms with Crippen molar-refractivity contribution < 1.29 is 23.1 Å². The first kappa shape index (κ1) is 10.6. The minimum absolute atomic E-state index is 0.104. The van der Waals surface area contributed by atoms with Crippen LogP contribution in [-0.4, -0.2) is 17.8 Å². The highest BCUT2D eigenvalue weighted by atomic mass is 19.4. The minimum Gasteiger partial charge on any atom is -0.730 e. The van der Waals surface area contributed by atoms with Crippen LogP contribution in [0.3, 0.4) is 0 Å². The predicted molar refractivity (Wildman–Crippen MR) is 45.6 cm³/mol. The highest BCUT2D eigenvalue weighted by Crippen LogP contribution is 2.33. The second kappa shape index (κ2) is 3.31. The van der Waals surface area contributed by atoms with Gasteiger partial charge in [-0.1, -0.05) is 4.99 Å². The Morgan fingerprint density at radius 2 is 2.12 bits per heavy atom. The Morgan fingerprint density at radius 3 is 2.75 bits per heavy atom. The zero-order valence-corrected chi connectivity index (χ0v) is 7.58. The number of allylic oxidation sites excluding steroid dienone is 3. The standard InChI is InChI=1S/C9H3F3N2O2/c10-9(11,12)4-1-2-5-6(3-4)13-8(16)14-7(5)15/h1-3H. The lowest BCUT2D eigenvalue weighted by molar-refractivity contribution is -0.342. The van der Waals surface area contributed by atoms with Gasteiger partial charge in [0, 0.05) is 6.35 Å². The monoisotopic (exact) mass is 228 g/mol. The first-order valence-electron chi connectivity index (χ1n) is 4.11. The third-order valence-corrected chi connectivity index (χ3v) is 1.97. The molecule has 0 aromatic carbocycles. The molecule has 0 atom stereocenters. The zero-order chi connectivity index (χ0) is 11.9. The maximum Gasteiger partial charge on any atom is 0.443 e. The molecule has 0 aromatic rings. The number of carbonyl (C=O) groups is 1. The number of nitrogens with zero attached hydrogens (tertiary/aromatic N) is 2. The molecule has 0 saturated carbocycles. The number of rotatable bonds is 0. The van der Waals surface area contributed by atoms with Crippen molar-refractivity contribution in [2.24, 2.45) is 4.99 Å². The molecule has 0 unspecified atom stereocenters. The van der Waals surface area contributed by atoms with E-state index in [1.165, 1.54) is 0 Å². The largest absolute Gasteiger partial charge is 0.730 e. The van der Waals surface area contributed by atoms with E-state index in [1.54, 1.807) is 0 Å². The second-order valence-corrected chi connectivity index (χ2v) is 3.04. The SMILES string of the molecule is O=C1[N-][C+]([O-])N=C2[CH+]C(C(F)(F)F)=CC=C12. The highest BCUT2D eigenvalue weighted by Gasteiger charge is 2.46. The van der Waals surface area contributed by atoms with Gasteiger partial charge in [0.2, 0.25) is 5.57 Å². The van der Waals surface area contributed by atoms with Crippen LogP contribution in [0.15, 0.2) is 28.3 Å². The Bertz CT molecular complexity index is 435. The molecule has 7 heteroatoms. The lowest BCUT2D eigenvalue weighted by Crippen LogP contribution is -2.30. The minimum atomic E-state index is -4.54. The van der Waals surface area contributed by atoms with Crippen molar-refractivity contribution in [1.29, 1.82) is 0 Å². The normalized spacial score (nSPS) is 20.1. The van der Waals surface area contributed by atoms with E-state index in [2.05, 4.69) is 10.3 Å². The van der Waals surface area contributed by atoms with Crippen LogP contribution in [0.25, 0.3) is 5.32 Å². The van der Waals surface area contributed by atoms with Crippen LogP contribution in [-0.2, 0) is 4.79 Å². The summed E-state index contributed by atoms with van der Waals surface area (Å²) in [5, 5.41) is 13.8. The van der Waals surface area contributed by atoms with E-state index in [0.29, 0.717) is 6.42 Å². The molecule has 0 spiro atoms. The number of amides is 1. The summed E-state index contributed by atoms with van der Waals surface area (Å²) in [5.41, 5.74) is -1.36. The molecule has 0 N–H and O–H groups in total. The molecule has 0 saturated heterocycles. The van der Waals surface area contributed by atoms with E-state index in [9.17, 15) is 23.1 Å². The quantitative estimate of drug-likeness (QED) is 0.575. The number of hydrogen-bond donors (Lipinski definition) is 0. The second-order valence-electron chi connectivity index (χ2n) is 3.04. The number of aliphatic imine (C=N–C) groups is 1.